The number of hydrogen-bond acceptors (Lipinski definition) is 7. The van der Waals surface area contributed by atoms with Crippen molar-refractivity contribution in [3.8, 4) is 0 Å². The fraction of sp³-hybridized carbons (Fsp3) is 0.579. The summed E-state index contributed by atoms with van der Waals surface area (Å²) in [6.45, 7) is 5.38. The molecule has 7 heteroatoms. The van der Waals surface area contributed by atoms with Crippen molar-refractivity contribution in [2.24, 2.45) is 0 Å². The molecule has 4 rings (SSSR count). The van der Waals surface area contributed by atoms with Gasteiger partial charge in [0.25, 0.3) is 0 Å². The molecule has 0 N–H and O–H groups in total. The molecule has 140 valence electrons. The Morgan fingerprint density at radius 3 is 2.54 bits per heavy atom. The number of esters is 1. The van der Waals surface area contributed by atoms with Crippen molar-refractivity contribution >= 4 is 11.8 Å². The van der Waals surface area contributed by atoms with Crippen molar-refractivity contribution in [3.05, 3.63) is 35.9 Å². The molecule has 0 aromatic heterocycles. The number of hydrogen-bond donors (Lipinski definition) is 0. The quantitative estimate of drug-likeness (QED) is 0.591. The fourth-order valence-corrected chi connectivity index (χ4v) is 3.82. The molecular formula is C19H22O7. The first-order chi connectivity index (χ1) is 12.4. The molecule has 1 aromatic carbocycles. The zero-order valence-corrected chi connectivity index (χ0v) is 15.0. The molecule has 3 heterocycles. The Hall–Kier alpha value is -1.80. The SMILES string of the molecule is CCOC(=O)[C@@]1(Cc2ccccc2)O[C@@H]2[C@H]3OC(C)(C)O[C@H]3O[C@@H]2C1=O. The lowest BCUT2D eigenvalue weighted by Crippen LogP contribution is -2.50. The van der Waals surface area contributed by atoms with E-state index in [1.54, 1.807) is 20.8 Å². The van der Waals surface area contributed by atoms with E-state index in [-0.39, 0.29) is 13.0 Å². The van der Waals surface area contributed by atoms with Gasteiger partial charge in [0.2, 0.25) is 11.4 Å². The number of fused-ring (bicyclic) bond motifs is 3. The highest BCUT2D eigenvalue weighted by atomic mass is 16.8. The van der Waals surface area contributed by atoms with Gasteiger partial charge >= 0.3 is 5.97 Å². The van der Waals surface area contributed by atoms with Crippen LogP contribution in [0.15, 0.2) is 30.3 Å². The van der Waals surface area contributed by atoms with Crippen LogP contribution in [0.2, 0.25) is 0 Å². The summed E-state index contributed by atoms with van der Waals surface area (Å²) in [5, 5.41) is 0. The van der Waals surface area contributed by atoms with E-state index < -0.39 is 47.7 Å². The van der Waals surface area contributed by atoms with Gasteiger partial charge in [0.1, 0.15) is 12.2 Å². The van der Waals surface area contributed by atoms with Gasteiger partial charge in [-0.3, -0.25) is 4.79 Å². The third-order valence-corrected chi connectivity index (χ3v) is 4.89. The molecule has 0 aliphatic carbocycles. The summed E-state index contributed by atoms with van der Waals surface area (Å²) in [7, 11) is 0. The lowest BCUT2D eigenvalue weighted by molar-refractivity contribution is -0.210. The number of carbonyl (C=O) groups is 2. The number of ketones is 1. The van der Waals surface area contributed by atoms with E-state index in [0.717, 1.165) is 5.56 Å². The number of ether oxygens (including phenoxy) is 5. The molecule has 3 aliphatic rings. The van der Waals surface area contributed by atoms with E-state index in [1.165, 1.54) is 0 Å². The largest absolute Gasteiger partial charge is 0.463 e. The second kappa shape index (κ2) is 6.13. The van der Waals surface area contributed by atoms with Crippen LogP contribution in [0.1, 0.15) is 26.3 Å². The molecule has 26 heavy (non-hydrogen) atoms. The van der Waals surface area contributed by atoms with Gasteiger partial charge in [0, 0.05) is 6.42 Å². The van der Waals surface area contributed by atoms with Gasteiger partial charge in [-0.15, -0.1) is 0 Å². The second-order valence-electron chi connectivity index (χ2n) is 7.18. The maximum atomic E-state index is 13.2. The summed E-state index contributed by atoms with van der Waals surface area (Å²) in [4.78, 5) is 25.9. The molecule has 0 radical (unpaired) electrons. The number of carbonyl (C=O) groups excluding carboxylic acids is 2. The van der Waals surface area contributed by atoms with E-state index in [4.69, 9.17) is 23.7 Å². The van der Waals surface area contributed by atoms with Crippen LogP contribution in [0.4, 0.5) is 0 Å². The Labute approximate surface area is 151 Å². The Kier molecular flexibility index (Phi) is 4.15. The van der Waals surface area contributed by atoms with E-state index in [2.05, 4.69) is 0 Å². The van der Waals surface area contributed by atoms with Gasteiger partial charge in [-0.25, -0.2) is 4.79 Å². The lowest BCUT2D eigenvalue weighted by atomic mass is 9.89. The van der Waals surface area contributed by atoms with E-state index >= 15 is 0 Å². The van der Waals surface area contributed by atoms with Crippen LogP contribution in [0.3, 0.4) is 0 Å². The summed E-state index contributed by atoms with van der Waals surface area (Å²) in [6, 6.07) is 9.24. The molecular weight excluding hydrogens is 340 g/mol. The third-order valence-electron chi connectivity index (χ3n) is 4.89. The van der Waals surface area contributed by atoms with Gasteiger partial charge < -0.3 is 23.7 Å². The smallest absolute Gasteiger partial charge is 0.346 e. The van der Waals surface area contributed by atoms with Crippen LogP contribution < -0.4 is 0 Å². The molecule has 5 atom stereocenters. The summed E-state index contributed by atoms with van der Waals surface area (Å²) >= 11 is 0. The summed E-state index contributed by atoms with van der Waals surface area (Å²) in [5.74, 6) is -1.97. The van der Waals surface area contributed by atoms with Crippen LogP contribution in [-0.2, 0) is 39.7 Å². The molecule has 3 aliphatic heterocycles. The Balaban J connectivity index is 1.65. The predicted molar refractivity (Wildman–Crippen MR) is 88.1 cm³/mol. The van der Waals surface area contributed by atoms with Crippen molar-refractivity contribution in [3.63, 3.8) is 0 Å². The number of Topliss-reactive ketones (excluding diaryl/α,β-unsaturated/α-hetero) is 1. The normalized spacial score (nSPS) is 37.4. The van der Waals surface area contributed by atoms with Crippen molar-refractivity contribution < 1.29 is 33.3 Å². The van der Waals surface area contributed by atoms with Gasteiger partial charge in [-0.2, -0.15) is 0 Å². The second-order valence-corrected chi connectivity index (χ2v) is 7.18. The molecule has 0 spiro atoms. The minimum Gasteiger partial charge on any atom is -0.463 e. The topological polar surface area (TPSA) is 80.3 Å². The zero-order chi connectivity index (χ0) is 18.5. The minimum atomic E-state index is -1.73. The van der Waals surface area contributed by atoms with Crippen molar-refractivity contribution in [1.29, 1.82) is 0 Å². The van der Waals surface area contributed by atoms with Crippen LogP contribution in [0.5, 0.6) is 0 Å². The molecule has 0 bridgehead atoms. The van der Waals surface area contributed by atoms with Gasteiger partial charge in [-0.05, 0) is 26.3 Å². The van der Waals surface area contributed by atoms with Crippen LogP contribution in [-0.4, -0.2) is 54.3 Å². The summed E-state index contributed by atoms with van der Waals surface area (Å²) in [6.07, 6.45) is -2.77. The monoisotopic (exact) mass is 362 g/mol. The highest BCUT2D eigenvalue weighted by molar-refractivity contribution is 6.11. The molecule has 0 amide bonds. The molecule has 0 saturated carbocycles. The first-order valence-corrected chi connectivity index (χ1v) is 8.81. The van der Waals surface area contributed by atoms with Gasteiger partial charge in [0.05, 0.1) is 6.61 Å². The van der Waals surface area contributed by atoms with Crippen LogP contribution in [0, 0.1) is 0 Å². The predicted octanol–water partition coefficient (Wildman–Crippen LogP) is 1.38. The van der Waals surface area contributed by atoms with Crippen LogP contribution in [0.25, 0.3) is 0 Å². The average molecular weight is 362 g/mol. The summed E-state index contributed by atoms with van der Waals surface area (Å²) < 4.78 is 28.5. The molecule has 1 aromatic rings. The molecule has 3 fully saturated rings. The fourth-order valence-electron chi connectivity index (χ4n) is 3.82. The molecule has 7 nitrogen and oxygen atoms in total. The minimum absolute atomic E-state index is 0.0868. The van der Waals surface area contributed by atoms with Crippen LogP contribution >= 0.6 is 0 Å². The highest BCUT2D eigenvalue weighted by Gasteiger charge is 2.69. The van der Waals surface area contributed by atoms with Crippen molar-refractivity contribution in [2.75, 3.05) is 6.61 Å². The highest BCUT2D eigenvalue weighted by Crippen LogP contribution is 2.46. The standard InChI is InChI=1S/C19H22O7/c1-4-22-17(21)19(10-11-8-6-5-7-9-11)15(20)13-12(25-19)14-16(23-13)26-18(2,3)24-14/h5-9,12-14,16H,4,10H2,1-3H3/t12-,13-,14+,16+,19-/m0/s1. The Morgan fingerprint density at radius 1 is 1.12 bits per heavy atom. The third kappa shape index (κ3) is 2.66. The molecule has 3 saturated heterocycles. The number of benzene rings is 1. The lowest BCUT2D eigenvalue weighted by Gasteiger charge is -2.27. The van der Waals surface area contributed by atoms with E-state index in [0.29, 0.717) is 0 Å². The van der Waals surface area contributed by atoms with E-state index in [1.807, 2.05) is 30.3 Å². The average Bonchev–Trinajstić information content (AvgIpc) is 3.16. The molecule has 0 unspecified atom stereocenters. The van der Waals surface area contributed by atoms with Gasteiger partial charge in [-0.1, -0.05) is 30.3 Å². The van der Waals surface area contributed by atoms with Crippen molar-refractivity contribution in [1.82, 2.24) is 0 Å². The van der Waals surface area contributed by atoms with E-state index in [9.17, 15) is 9.59 Å². The maximum absolute atomic E-state index is 13.2. The number of rotatable bonds is 4. The first-order valence-electron chi connectivity index (χ1n) is 8.81. The first kappa shape index (κ1) is 17.6. The van der Waals surface area contributed by atoms with Gasteiger partial charge in [0.15, 0.2) is 18.2 Å². The van der Waals surface area contributed by atoms with Crippen molar-refractivity contribution in [2.45, 2.75) is 63.2 Å². The summed E-state index contributed by atoms with van der Waals surface area (Å²) in [5.41, 5.74) is -0.928. The Bertz CT molecular complexity index is 716. The Morgan fingerprint density at radius 2 is 1.85 bits per heavy atom. The maximum Gasteiger partial charge on any atom is 0.346 e. The zero-order valence-electron chi connectivity index (χ0n) is 15.0.